The minimum Gasteiger partial charge on any atom is -0.496 e. The highest BCUT2D eigenvalue weighted by atomic mass is 16.5. The first-order valence-electron chi connectivity index (χ1n) is 9.16. The normalized spacial score (nSPS) is 10.4. The molecule has 2 rings (SSSR count). The van der Waals surface area contributed by atoms with Crippen molar-refractivity contribution in [1.29, 1.82) is 0 Å². The number of methoxy groups -OCH3 is 1. The number of fused-ring (bicyclic) bond motifs is 1. The molecule has 0 fully saturated rings. The van der Waals surface area contributed by atoms with Gasteiger partial charge in [0.1, 0.15) is 11.3 Å². The van der Waals surface area contributed by atoms with Crippen LogP contribution in [-0.2, 0) is 14.3 Å². The summed E-state index contributed by atoms with van der Waals surface area (Å²) in [7, 11) is 2.98. The summed E-state index contributed by atoms with van der Waals surface area (Å²) in [6.07, 6.45) is 0. The van der Waals surface area contributed by atoms with E-state index in [1.807, 2.05) is 38.1 Å². The van der Waals surface area contributed by atoms with E-state index in [0.717, 1.165) is 10.8 Å². The number of amides is 2. The van der Waals surface area contributed by atoms with Gasteiger partial charge in [-0.2, -0.15) is 0 Å². The van der Waals surface area contributed by atoms with Crippen LogP contribution in [0.25, 0.3) is 10.8 Å². The Kier molecular flexibility index (Phi) is 7.37. The van der Waals surface area contributed by atoms with E-state index in [1.54, 1.807) is 17.0 Å². The van der Waals surface area contributed by atoms with Gasteiger partial charge in [0.2, 0.25) is 5.91 Å². The van der Waals surface area contributed by atoms with Crippen LogP contribution in [-0.4, -0.2) is 68.0 Å². The first-order valence-corrected chi connectivity index (χ1v) is 9.16. The molecule has 0 atom stereocenters. The molecule has 2 amide bonds. The highest BCUT2D eigenvalue weighted by Crippen LogP contribution is 2.26. The molecule has 0 aliphatic heterocycles. The number of carbonyl (C=O) groups is 3. The zero-order valence-electron chi connectivity index (χ0n) is 16.7. The van der Waals surface area contributed by atoms with Crippen LogP contribution in [0, 0.1) is 0 Å². The molecule has 28 heavy (non-hydrogen) atoms. The number of carbonyl (C=O) groups excluding carboxylic acids is 3. The Morgan fingerprint density at radius 3 is 2.14 bits per heavy atom. The summed E-state index contributed by atoms with van der Waals surface area (Å²) in [4.78, 5) is 39.7. The van der Waals surface area contributed by atoms with Crippen molar-refractivity contribution in [3.05, 3.63) is 42.0 Å². The van der Waals surface area contributed by atoms with Crippen molar-refractivity contribution in [2.45, 2.75) is 13.8 Å². The molecular formula is C21H26N2O5. The molecule has 0 aromatic heterocycles. The maximum atomic E-state index is 12.5. The van der Waals surface area contributed by atoms with Gasteiger partial charge in [-0.05, 0) is 36.8 Å². The van der Waals surface area contributed by atoms with Gasteiger partial charge in [0, 0.05) is 20.1 Å². The molecule has 0 radical (unpaired) electrons. The summed E-state index contributed by atoms with van der Waals surface area (Å²) in [6, 6.07) is 11.0. The van der Waals surface area contributed by atoms with E-state index < -0.39 is 18.5 Å². The number of esters is 1. The van der Waals surface area contributed by atoms with Crippen molar-refractivity contribution in [2.24, 2.45) is 0 Å². The molecule has 0 saturated carbocycles. The van der Waals surface area contributed by atoms with E-state index in [9.17, 15) is 14.4 Å². The molecule has 2 aromatic rings. The molecule has 0 spiro atoms. The molecule has 0 unspecified atom stereocenters. The Bertz CT molecular complexity index is 861. The number of nitrogens with zero attached hydrogens (tertiary/aromatic N) is 2. The number of likely N-dealkylation sites (N-methyl/N-ethyl adjacent to an activating group) is 2. The lowest BCUT2D eigenvalue weighted by Crippen LogP contribution is -2.42. The van der Waals surface area contributed by atoms with Crippen molar-refractivity contribution < 1.29 is 23.9 Å². The molecule has 0 saturated heterocycles. The molecule has 7 heteroatoms. The lowest BCUT2D eigenvalue weighted by atomic mass is 10.1. The zero-order chi connectivity index (χ0) is 20.7. The summed E-state index contributed by atoms with van der Waals surface area (Å²) in [5.41, 5.74) is 0.246. The molecule has 2 aromatic carbocycles. The van der Waals surface area contributed by atoms with Crippen molar-refractivity contribution in [2.75, 3.05) is 40.4 Å². The van der Waals surface area contributed by atoms with Gasteiger partial charge in [-0.25, -0.2) is 4.79 Å². The molecule has 7 nitrogen and oxygen atoms in total. The van der Waals surface area contributed by atoms with Gasteiger partial charge < -0.3 is 19.3 Å². The number of ether oxygens (including phenoxy) is 2. The SMILES string of the molecule is CCN(CC)C(=O)CN(C)C(=O)COC(=O)c1cc2ccccc2cc1OC. The summed E-state index contributed by atoms with van der Waals surface area (Å²) < 4.78 is 10.4. The van der Waals surface area contributed by atoms with Crippen LogP contribution >= 0.6 is 0 Å². The summed E-state index contributed by atoms with van der Waals surface area (Å²) in [5.74, 6) is -0.877. The van der Waals surface area contributed by atoms with Gasteiger partial charge in [0.05, 0.1) is 13.7 Å². The number of hydrogen-bond acceptors (Lipinski definition) is 5. The quantitative estimate of drug-likeness (QED) is 0.651. The Morgan fingerprint density at radius 1 is 0.964 bits per heavy atom. The van der Waals surface area contributed by atoms with Crippen LogP contribution in [0.5, 0.6) is 5.75 Å². The highest BCUT2D eigenvalue weighted by molar-refractivity contribution is 5.99. The molecular weight excluding hydrogens is 360 g/mol. The van der Waals surface area contributed by atoms with Crippen molar-refractivity contribution in [3.63, 3.8) is 0 Å². The smallest absolute Gasteiger partial charge is 0.342 e. The third-order valence-corrected chi connectivity index (χ3v) is 4.53. The van der Waals surface area contributed by atoms with Gasteiger partial charge in [0.15, 0.2) is 6.61 Å². The second-order valence-corrected chi connectivity index (χ2v) is 6.29. The minimum atomic E-state index is -0.653. The van der Waals surface area contributed by atoms with E-state index in [1.165, 1.54) is 19.1 Å². The Labute approximate surface area is 164 Å². The van der Waals surface area contributed by atoms with E-state index in [-0.39, 0.29) is 18.0 Å². The molecule has 150 valence electrons. The lowest BCUT2D eigenvalue weighted by Gasteiger charge is -2.23. The second kappa shape index (κ2) is 9.73. The Balaban J connectivity index is 2.02. The summed E-state index contributed by atoms with van der Waals surface area (Å²) >= 11 is 0. The third kappa shape index (κ3) is 5.00. The predicted octanol–water partition coefficient (Wildman–Crippen LogP) is 2.33. The van der Waals surface area contributed by atoms with Crippen molar-refractivity contribution in [3.8, 4) is 5.75 Å². The van der Waals surface area contributed by atoms with Gasteiger partial charge in [0.25, 0.3) is 5.91 Å². The first kappa shape index (κ1) is 21.2. The molecule has 0 heterocycles. The van der Waals surface area contributed by atoms with Gasteiger partial charge in [-0.3, -0.25) is 9.59 Å². The Hall–Kier alpha value is -3.09. The number of hydrogen-bond donors (Lipinski definition) is 0. The number of rotatable bonds is 8. The maximum Gasteiger partial charge on any atom is 0.342 e. The second-order valence-electron chi connectivity index (χ2n) is 6.29. The fourth-order valence-corrected chi connectivity index (χ4v) is 2.83. The van der Waals surface area contributed by atoms with Gasteiger partial charge in [-0.1, -0.05) is 24.3 Å². The fourth-order valence-electron chi connectivity index (χ4n) is 2.83. The average molecular weight is 386 g/mol. The zero-order valence-corrected chi connectivity index (χ0v) is 16.7. The number of benzene rings is 2. The molecule has 0 N–H and O–H groups in total. The summed E-state index contributed by atoms with van der Waals surface area (Å²) in [5, 5.41) is 1.80. The maximum absolute atomic E-state index is 12.5. The van der Waals surface area contributed by atoms with Crippen LogP contribution < -0.4 is 4.74 Å². The van der Waals surface area contributed by atoms with E-state index in [4.69, 9.17) is 9.47 Å². The third-order valence-electron chi connectivity index (χ3n) is 4.53. The monoisotopic (exact) mass is 386 g/mol. The molecule has 0 bridgehead atoms. The average Bonchev–Trinajstić information content (AvgIpc) is 2.71. The van der Waals surface area contributed by atoms with Crippen LogP contribution in [0.1, 0.15) is 24.2 Å². The lowest BCUT2D eigenvalue weighted by molar-refractivity contribution is -0.140. The van der Waals surface area contributed by atoms with Gasteiger partial charge >= 0.3 is 5.97 Å². The van der Waals surface area contributed by atoms with Crippen LogP contribution in [0.2, 0.25) is 0 Å². The van der Waals surface area contributed by atoms with E-state index >= 15 is 0 Å². The first-order chi connectivity index (χ1) is 13.4. The topological polar surface area (TPSA) is 76.2 Å². The summed E-state index contributed by atoms with van der Waals surface area (Å²) in [6.45, 7) is 4.40. The standard InChI is InChI=1S/C21H26N2O5/c1-5-23(6-2)19(24)13-22(3)20(25)14-28-21(26)17-11-15-9-7-8-10-16(15)12-18(17)27-4/h7-12H,5-6,13-14H2,1-4H3. The fraction of sp³-hybridized carbons (Fsp3) is 0.381. The van der Waals surface area contributed by atoms with Crippen molar-refractivity contribution >= 4 is 28.6 Å². The molecule has 0 aliphatic carbocycles. The van der Waals surface area contributed by atoms with E-state index in [0.29, 0.717) is 18.8 Å². The Morgan fingerprint density at radius 2 is 1.57 bits per heavy atom. The predicted molar refractivity (Wildman–Crippen MR) is 106 cm³/mol. The van der Waals surface area contributed by atoms with E-state index in [2.05, 4.69) is 0 Å². The van der Waals surface area contributed by atoms with Crippen LogP contribution in [0.3, 0.4) is 0 Å². The highest BCUT2D eigenvalue weighted by Gasteiger charge is 2.20. The molecule has 0 aliphatic rings. The minimum absolute atomic E-state index is 0.0582. The largest absolute Gasteiger partial charge is 0.496 e. The van der Waals surface area contributed by atoms with Crippen LogP contribution in [0.15, 0.2) is 36.4 Å². The van der Waals surface area contributed by atoms with Gasteiger partial charge in [-0.15, -0.1) is 0 Å². The van der Waals surface area contributed by atoms with Crippen LogP contribution in [0.4, 0.5) is 0 Å². The van der Waals surface area contributed by atoms with Crippen molar-refractivity contribution in [1.82, 2.24) is 9.80 Å².